The maximum atomic E-state index is 12.1. The molecule has 1 saturated heterocycles. The summed E-state index contributed by atoms with van der Waals surface area (Å²) in [4.78, 5) is 28.6. The van der Waals surface area contributed by atoms with E-state index in [0.717, 1.165) is 13.1 Å². The van der Waals surface area contributed by atoms with E-state index in [9.17, 15) is 9.59 Å². The third-order valence-corrected chi connectivity index (χ3v) is 3.31. The van der Waals surface area contributed by atoms with Gasteiger partial charge in [-0.3, -0.25) is 4.79 Å². The van der Waals surface area contributed by atoms with Gasteiger partial charge in [0.05, 0.1) is 5.41 Å². The maximum absolute atomic E-state index is 12.1. The Morgan fingerprint density at radius 2 is 1.72 bits per heavy atom. The van der Waals surface area contributed by atoms with Crippen LogP contribution in [-0.2, 0) is 4.79 Å². The summed E-state index contributed by atoms with van der Waals surface area (Å²) in [5.41, 5.74) is -0.920. The molecule has 0 bridgehead atoms. The SMILES string of the molecule is CN1CCN(C(=O)N(C)CC(C)(C)C(=O)O)CC1. The first-order valence-corrected chi connectivity index (χ1v) is 6.16. The van der Waals surface area contributed by atoms with E-state index in [1.165, 1.54) is 4.90 Å². The predicted octanol–water partition coefficient (Wildman–Crippen LogP) is 0.396. The van der Waals surface area contributed by atoms with Crippen molar-refractivity contribution in [3.63, 3.8) is 0 Å². The van der Waals surface area contributed by atoms with Crippen LogP contribution in [-0.4, -0.2) is 78.6 Å². The molecule has 0 radical (unpaired) electrons. The smallest absolute Gasteiger partial charge is 0.319 e. The fourth-order valence-electron chi connectivity index (χ4n) is 1.97. The summed E-state index contributed by atoms with van der Waals surface area (Å²) in [6.45, 7) is 6.60. The van der Waals surface area contributed by atoms with Crippen molar-refractivity contribution in [2.75, 3.05) is 46.8 Å². The lowest BCUT2D eigenvalue weighted by atomic mass is 9.93. The molecule has 18 heavy (non-hydrogen) atoms. The van der Waals surface area contributed by atoms with E-state index < -0.39 is 11.4 Å². The molecule has 104 valence electrons. The number of carbonyl (C=O) groups is 2. The summed E-state index contributed by atoms with van der Waals surface area (Å²) in [5.74, 6) is -0.888. The standard InChI is InChI=1S/C12H23N3O3/c1-12(2,10(16)17)9-14(4)11(18)15-7-5-13(3)6-8-15/h5-9H2,1-4H3,(H,16,17). The predicted molar refractivity (Wildman–Crippen MR) is 68.5 cm³/mol. The first kappa shape index (κ1) is 14.8. The summed E-state index contributed by atoms with van der Waals surface area (Å²) in [6, 6.07) is -0.0857. The van der Waals surface area contributed by atoms with Gasteiger partial charge in [-0.25, -0.2) is 4.79 Å². The average molecular weight is 257 g/mol. The van der Waals surface area contributed by atoms with Gasteiger partial charge in [0.15, 0.2) is 0 Å². The molecule has 0 unspecified atom stereocenters. The summed E-state index contributed by atoms with van der Waals surface area (Å²) in [5, 5.41) is 9.06. The number of nitrogens with zero attached hydrogens (tertiary/aromatic N) is 3. The van der Waals surface area contributed by atoms with E-state index in [2.05, 4.69) is 4.90 Å². The number of hydrogen-bond acceptors (Lipinski definition) is 3. The highest BCUT2D eigenvalue weighted by molar-refractivity contribution is 5.77. The van der Waals surface area contributed by atoms with Crippen LogP contribution in [0.5, 0.6) is 0 Å². The molecule has 0 spiro atoms. The zero-order chi connectivity index (χ0) is 13.9. The van der Waals surface area contributed by atoms with Crippen LogP contribution in [0.15, 0.2) is 0 Å². The summed E-state index contributed by atoms with van der Waals surface area (Å²) in [6.07, 6.45) is 0. The molecule has 0 aromatic carbocycles. The second-order valence-corrected chi connectivity index (χ2v) is 5.62. The van der Waals surface area contributed by atoms with Crippen LogP contribution in [0.4, 0.5) is 4.79 Å². The summed E-state index contributed by atoms with van der Waals surface area (Å²) in [7, 11) is 3.68. The van der Waals surface area contributed by atoms with E-state index in [1.54, 1.807) is 25.8 Å². The van der Waals surface area contributed by atoms with Crippen LogP contribution in [0.1, 0.15) is 13.8 Å². The Morgan fingerprint density at radius 1 is 1.22 bits per heavy atom. The number of urea groups is 1. The molecule has 0 atom stereocenters. The molecule has 2 amide bonds. The Bertz CT molecular complexity index is 323. The summed E-state index contributed by atoms with van der Waals surface area (Å²) < 4.78 is 0. The topological polar surface area (TPSA) is 64.1 Å². The zero-order valence-corrected chi connectivity index (χ0v) is 11.6. The Balaban J connectivity index is 2.54. The number of aliphatic carboxylic acids is 1. The fourth-order valence-corrected chi connectivity index (χ4v) is 1.97. The molecule has 6 heteroatoms. The highest BCUT2D eigenvalue weighted by Crippen LogP contribution is 2.17. The Hall–Kier alpha value is -1.30. The van der Waals surface area contributed by atoms with Crippen LogP contribution >= 0.6 is 0 Å². The van der Waals surface area contributed by atoms with Gasteiger partial charge in [-0.1, -0.05) is 0 Å². The quantitative estimate of drug-likeness (QED) is 0.794. The summed E-state index contributed by atoms with van der Waals surface area (Å²) >= 11 is 0. The molecule has 1 N–H and O–H groups in total. The molecule has 0 saturated carbocycles. The van der Waals surface area contributed by atoms with E-state index in [0.29, 0.717) is 13.1 Å². The number of hydrogen-bond donors (Lipinski definition) is 1. The van der Waals surface area contributed by atoms with Gasteiger partial charge in [-0.2, -0.15) is 0 Å². The second kappa shape index (κ2) is 5.56. The molecule has 1 heterocycles. The molecule has 1 fully saturated rings. The van der Waals surface area contributed by atoms with Crippen molar-refractivity contribution in [2.24, 2.45) is 5.41 Å². The third kappa shape index (κ3) is 3.60. The Kier molecular flexibility index (Phi) is 4.56. The second-order valence-electron chi connectivity index (χ2n) is 5.62. The molecule has 0 aliphatic carbocycles. The minimum Gasteiger partial charge on any atom is -0.481 e. The van der Waals surface area contributed by atoms with Crippen LogP contribution < -0.4 is 0 Å². The zero-order valence-electron chi connectivity index (χ0n) is 11.6. The van der Waals surface area contributed by atoms with Gasteiger partial charge in [0.1, 0.15) is 0 Å². The Morgan fingerprint density at radius 3 is 2.17 bits per heavy atom. The highest BCUT2D eigenvalue weighted by Gasteiger charge is 2.32. The van der Waals surface area contributed by atoms with E-state index in [1.807, 2.05) is 7.05 Å². The Labute approximate surface area is 108 Å². The molecule has 1 rings (SSSR count). The van der Waals surface area contributed by atoms with Gasteiger partial charge in [0.2, 0.25) is 0 Å². The molecule has 0 aromatic heterocycles. The first-order valence-electron chi connectivity index (χ1n) is 6.16. The van der Waals surface area contributed by atoms with Gasteiger partial charge in [-0.05, 0) is 20.9 Å². The van der Waals surface area contributed by atoms with Gasteiger partial charge < -0.3 is 19.8 Å². The number of rotatable bonds is 3. The first-order chi connectivity index (χ1) is 8.24. The van der Waals surface area contributed by atoms with Gasteiger partial charge in [0, 0.05) is 39.8 Å². The normalized spacial score (nSPS) is 17.7. The molecular formula is C12H23N3O3. The van der Waals surface area contributed by atoms with Crippen LogP contribution in [0.3, 0.4) is 0 Å². The molecule has 0 aromatic rings. The molecular weight excluding hydrogens is 234 g/mol. The number of piperazine rings is 1. The lowest BCUT2D eigenvalue weighted by Crippen LogP contribution is -2.52. The van der Waals surface area contributed by atoms with Crippen LogP contribution in [0.2, 0.25) is 0 Å². The van der Waals surface area contributed by atoms with Crippen molar-refractivity contribution in [3.8, 4) is 0 Å². The van der Waals surface area contributed by atoms with E-state index >= 15 is 0 Å². The minimum absolute atomic E-state index is 0.0857. The molecule has 6 nitrogen and oxygen atoms in total. The van der Waals surface area contributed by atoms with Gasteiger partial charge >= 0.3 is 12.0 Å². The monoisotopic (exact) mass is 257 g/mol. The van der Waals surface area contributed by atoms with Crippen molar-refractivity contribution in [1.29, 1.82) is 0 Å². The molecule has 1 aliphatic rings. The van der Waals surface area contributed by atoms with E-state index in [-0.39, 0.29) is 12.6 Å². The maximum Gasteiger partial charge on any atom is 0.319 e. The highest BCUT2D eigenvalue weighted by atomic mass is 16.4. The number of carbonyl (C=O) groups excluding carboxylic acids is 1. The van der Waals surface area contributed by atoms with Crippen LogP contribution in [0.25, 0.3) is 0 Å². The van der Waals surface area contributed by atoms with Crippen molar-refractivity contribution in [1.82, 2.24) is 14.7 Å². The number of amides is 2. The largest absolute Gasteiger partial charge is 0.481 e. The van der Waals surface area contributed by atoms with E-state index in [4.69, 9.17) is 5.11 Å². The van der Waals surface area contributed by atoms with Crippen molar-refractivity contribution in [2.45, 2.75) is 13.8 Å². The van der Waals surface area contributed by atoms with Crippen molar-refractivity contribution in [3.05, 3.63) is 0 Å². The average Bonchev–Trinajstić information content (AvgIpc) is 2.28. The fraction of sp³-hybridized carbons (Fsp3) is 0.833. The van der Waals surface area contributed by atoms with Crippen molar-refractivity contribution >= 4 is 12.0 Å². The van der Waals surface area contributed by atoms with Crippen LogP contribution in [0, 0.1) is 5.41 Å². The third-order valence-electron chi connectivity index (χ3n) is 3.31. The minimum atomic E-state index is -0.920. The van der Waals surface area contributed by atoms with Crippen molar-refractivity contribution < 1.29 is 14.7 Å². The number of carboxylic acid groups (broad SMARTS) is 1. The number of likely N-dealkylation sites (N-methyl/N-ethyl adjacent to an activating group) is 1. The van der Waals surface area contributed by atoms with Gasteiger partial charge in [0.25, 0.3) is 0 Å². The van der Waals surface area contributed by atoms with Gasteiger partial charge in [-0.15, -0.1) is 0 Å². The lowest BCUT2D eigenvalue weighted by molar-refractivity contribution is -0.147. The molecule has 1 aliphatic heterocycles. The number of carboxylic acids is 1. The lowest BCUT2D eigenvalue weighted by Gasteiger charge is -2.36.